The molecule has 3 rings (SSSR count). The number of amides is 2. The number of hydrogen-bond acceptors (Lipinski definition) is 4. The van der Waals surface area contributed by atoms with Crippen molar-refractivity contribution in [2.45, 2.75) is 6.54 Å². The first kappa shape index (κ1) is 17.1. The van der Waals surface area contributed by atoms with E-state index in [1.807, 2.05) is 5.43 Å². The lowest BCUT2D eigenvalue weighted by Gasteiger charge is -2.09. The summed E-state index contributed by atoms with van der Waals surface area (Å²) in [5, 5.41) is 2.67. The molecule has 0 saturated heterocycles. The molecule has 2 amide bonds. The van der Waals surface area contributed by atoms with Crippen LogP contribution >= 0.6 is 0 Å². The maximum absolute atomic E-state index is 13.5. The van der Waals surface area contributed by atoms with Gasteiger partial charge in [0.1, 0.15) is 12.4 Å². The van der Waals surface area contributed by atoms with Gasteiger partial charge in [-0.05, 0) is 24.3 Å². The first-order valence-electron chi connectivity index (χ1n) is 7.53. The molecule has 0 atom stereocenters. The number of aromatic amines is 1. The molecule has 26 heavy (non-hydrogen) atoms. The highest BCUT2D eigenvalue weighted by Crippen LogP contribution is 2.05. The third-order valence-corrected chi connectivity index (χ3v) is 3.62. The van der Waals surface area contributed by atoms with E-state index in [1.165, 1.54) is 30.3 Å². The van der Waals surface area contributed by atoms with Crippen molar-refractivity contribution in [3.05, 3.63) is 80.6 Å². The Hall–Kier alpha value is -3.75. The van der Waals surface area contributed by atoms with E-state index in [9.17, 15) is 23.6 Å². The van der Waals surface area contributed by atoms with Crippen LogP contribution in [0.3, 0.4) is 0 Å². The van der Waals surface area contributed by atoms with Gasteiger partial charge < -0.3 is 0 Å². The molecule has 3 aromatic rings. The molecule has 0 unspecified atom stereocenters. The molecule has 0 radical (unpaired) electrons. The molecule has 9 heteroatoms. The van der Waals surface area contributed by atoms with Gasteiger partial charge in [0.05, 0.1) is 16.3 Å². The molecule has 0 aliphatic rings. The molecule has 8 nitrogen and oxygen atoms in total. The van der Waals surface area contributed by atoms with E-state index in [1.54, 1.807) is 12.1 Å². The normalized spacial score (nSPS) is 10.5. The molecule has 1 heterocycles. The van der Waals surface area contributed by atoms with Crippen molar-refractivity contribution in [1.82, 2.24) is 20.6 Å². The second kappa shape index (κ2) is 7.01. The van der Waals surface area contributed by atoms with Crippen LogP contribution in [0, 0.1) is 5.82 Å². The zero-order valence-corrected chi connectivity index (χ0v) is 13.3. The summed E-state index contributed by atoms with van der Waals surface area (Å²) in [5.41, 5.74) is 2.78. The lowest BCUT2D eigenvalue weighted by molar-refractivity contribution is -0.122. The summed E-state index contributed by atoms with van der Waals surface area (Å²) >= 11 is 0. The Morgan fingerprint density at radius 1 is 0.962 bits per heavy atom. The van der Waals surface area contributed by atoms with Gasteiger partial charge in [-0.25, -0.2) is 9.07 Å². The second-order valence-corrected chi connectivity index (χ2v) is 5.36. The van der Waals surface area contributed by atoms with Crippen LogP contribution in [-0.2, 0) is 11.3 Å². The summed E-state index contributed by atoms with van der Waals surface area (Å²) < 4.78 is 14.3. The Bertz CT molecular complexity index is 1120. The molecular weight excluding hydrogens is 343 g/mol. The van der Waals surface area contributed by atoms with Crippen LogP contribution in [0.2, 0.25) is 0 Å². The number of carbonyl (C=O) groups is 2. The minimum Gasteiger partial charge on any atom is -0.271 e. The van der Waals surface area contributed by atoms with Gasteiger partial charge in [0.25, 0.3) is 22.9 Å². The van der Waals surface area contributed by atoms with Crippen molar-refractivity contribution in [2.75, 3.05) is 0 Å². The fourth-order valence-corrected chi connectivity index (χ4v) is 2.38. The number of hydrogen-bond donors (Lipinski definition) is 3. The molecule has 3 N–H and O–H groups in total. The van der Waals surface area contributed by atoms with Gasteiger partial charge in [-0.15, -0.1) is 0 Å². The molecular formula is C17H13FN4O4. The van der Waals surface area contributed by atoms with Gasteiger partial charge in [0, 0.05) is 0 Å². The minimum absolute atomic E-state index is 0.166. The lowest BCUT2D eigenvalue weighted by Crippen LogP contribution is -2.45. The van der Waals surface area contributed by atoms with Crippen molar-refractivity contribution in [3.63, 3.8) is 0 Å². The average Bonchev–Trinajstić information content (AvgIpc) is 2.64. The zero-order chi connectivity index (χ0) is 18.7. The largest absolute Gasteiger partial charge is 0.273 e. The third-order valence-electron chi connectivity index (χ3n) is 3.62. The summed E-state index contributed by atoms with van der Waals surface area (Å²) in [5.74, 6) is -2.37. The number of rotatable bonds is 3. The number of fused-ring (bicyclic) bond motifs is 1. The Labute approximate surface area is 145 Å². The van der Waals surface area contributed by atoms with Gasteiger partial charge in [-0.2, -0.15) is 0 Å². The van der Waals surface area contributed by atoms with Crippen molar-refractivity contribution in [3.8, 4) is 0 Å². The van der Waals surface area contributed by atoms with E-state index in [-0.39, 0.29) is 16.3 Å². The summed E-state index contributed by atoms with van der Waals surface area (Å²) in [6.45, 7) is -0.531. The predicted molar refractivity (Wildman–Crippen MR) is 90.8 cm³/mol. The summed E-state index contributed by atoms with van der Waals surface area (Å²) in [6.07, 6.45) is 0. The summed E-state index contributed by atoms with van der Waals surface area (Å²) in [7, 11) is 0. The summed E-state index contributed by atoms with van der Waals surface area (Å²) in [4.78, 5) is 48.0. The molecule has 0 aliphatic heterocycles. The van der Waals surface area contributed by atoms with Crippen LogP contribution < -0.4 is 22.0 Å². The van der Waals surface area contributed by atoms with Gasteiger partial charge in [0.2, 0.25) is 0 Å². The van der Waals surface area contributed by atoms with Crippen LogP contribution in [0.25, 0.3) is 10.8 Å². The number of nitrogens with one attached hydrogen (secondary N) is 3. The number of benzene rings is 2. The number of aromatic nitrogens is 2. The number of hydrazine groups is 1. The molecule has 132 valence electrons. The fourth-order valence-electron chi connectivity index (χ4n) is 2.38. The Balaban J connectivity index is 1.73. The quantitative estimate of drug-likeness (QED) is 0.586. The van der Waals surface area contributed by atoms with Gasteiger partial charge in [-0.3, -0.25) is 35.1 Å². The maximum Gasteiger partial charge on any atom is 0.273 e. The van der Waals surface area contributed by atoms with E-state index in [0.29, 0.717) is 0 Å². The molecule has 0 bridgehead atoms. The highest BCUT2D eigenvalue weighted by molar-refractivity contribution is 5.95. The number of carbonyl (C=O) groups excluding carboxylic acids is 2. The number of nitrogens with zero attached hydrogens (tertiary/aromatic N) is 1. The van der Waals surface area contributed by atoms with Crippen molar-refractivity contribution >= 4 is 22.6 Å². The second-order valence-electron chi connectivity index (χ2n) is 5.36. The Morgan fingerprint density at radius 3 is 2.35 bits per heavy atom. The van der Waals surface area contributed by atoms with E-state index < -0.39 is 35.3 Å². The average molecular weight is 356 g/mol. The predicted octanol–water partition coefficient (Wildman–Crippen LogP) is 0.290. The fraction of sp³-hybridized carbons (Fsp3) is 0.0588. The van der Waals surface area contributed by atoms with E-state index in [0.717, 1.165) is 10.7 Å². The molecule has 2 aromatic carbocycles. The SMILES string of the molecule is O=C(Cn1[nH]c(=O)c2ccccc2c1=O)NNC(=O)c1ccccc1F. The first-order chi connectivity index (χ1) is 12.5. The van der Waals surface area contributed by atoms with Crippen LogP contribution in [0.4, 0.5) is 4.39 Å². The standard InChI is InChI=1S/C17H13FN4O4/c18-13-8-4-3-7-12(13)15(24)20-19-14(23)9-22-17(26)11-6-2-1-5-10(11)16(25)21-22/h1-8H,9H2,(H,19,23)(H,20,24)(H,21,25). The topological polar surface area (TPSA) is 113 Å². The highest BCUT2D eigenvalue weighted by Gasteiger charge is 2.13. The zero-order valence-electron chi connectivity index (χ0n) is 13.3. The van der Waals surface area contributed by atoms with Crippen molar-refractivity contribution in [1.29, 1.82) is 0 Å². The first-order valence-corrected chi connectivity index (χ1v) is 7.53. The minimum atomic E-state index is -0.851. The van der Waals surface area contributed by atoms with Crippen molar-refractivity contribution in [2.24, 2.45) is 0 Å². The van der Waals surface area contributed by atoms with Gasteiger partial charge in [-0.1, -0.05) is 24.3 Å². The van der Waals surface area contributed by atoms with Crippen molar-refractivity contribution < 1.29 is 14.0 Å². The van der Waals surface area contributed by atoms with E-state index >= 15 is 0 Å². The van der Waals surface area contributed by atoms with Crippen LogP contribution in [0.5, 0.6) is 0 Å². The van der Waals surface area contributed by atoms with Gasteiger partial charge >= 0.3 is 0 Å². The number of halogens is 1. The third kappa shape index (κ3) is 3.36. The highest BCUT2D eigenvalue weighted by atomic mass is 19.1. The maximum atomic E-state index is 13.5. The van der Waals surface area contributed by atoms with Crippen LogP contribution in [0.15, 0.2) is 58.1 Å². The molecule has 0 fully saturated rings. The summed E-state index contributed by atoms with van der Waals surface area (Å²) in [6, 6.07) is 11.4. The monoisotopic (exact) mass is 356 g/mol. The van der Waals surface area contributed by atoms with Crippen LogP contribution in [-0.4, -0.2) is 21.6 Å². The Kier molecular flexibility index (Phi) is 4.61. The number of H-pyrrole nitrogens is 1. The molecule has 0 aliphatic carbocycles. The lowest BCUT2D eigenvalue weighted by atomic mass is 10.2. The molecule has 0 spiro atoms. The van der Waals surface area contributed by atoms with E-state index in [2.05, 4.69) is 10.5 Å². The van der Waals surface area contributed by atoms with Crippen LogP contribution in [0.1, 0.15) is 10.4 Å². The Morgan fingerprint density at radius 2 is 1.62 bits per heavy atom. The smallest absolute Gasteiger partial charge is 0.271 e. The molecule has 1 aromatic heterocycles. The molecule has 0 saturated carbocycles. The van der Waals surface area contributed by atoms with Gasteiger partial charge in [0.15, 0.2) is 0 Å². The van der Waals surface area contributed by atoms with E-state index in [4.69, 9.17) is 0 Å².